The van der Waals surface area contributed by atoms with Crippen LogP contribution in [-0.2, 0) is 6.42 Å². The molecule has 0 spiro atoms. The molecule has 1 atom stereocenters. The molecule has 1 aromatic carbocycles. The minimum Gasteiger partial charge on any atom is -0.493 e. The SMILES string of the molecule is CCOc1cccc(CC(C)Br)c1OC. The molecule has 0 radical (unpaired) electrons. The standard InChI is InChI=1S/C12H17BrO2/c1-4-15-11-7-5-6-10(8-9(2)13)12(11)14-3/h5-7,9H,4,8H2,1-3H3. The van der Waals surface area contributed by atoms with Crippen molar-refractivity contribution in [3.05, 3.63) is 23.8 Å². The summed E-state index contributed by atoms with van der Waals surface area (Å²) in [6.07, 6.45) is 0.935. The van der Waals surface area contributed by atoms with Crippen LogP contribution in [0.1, 0.15) is 19.4 Å². The van der Waals surface area contributed by atoms with Gasteiger partial charge in [0.15, 0.2) is 11.5 Å². The van der Waals surface area contributed by atoms with Crippen LogP contribution >= 0.6 is 15.9 Å². The molecule has 0 aromatic heterocycles. The Labute approximate surface area is 99.7 Å². The van der Waals surface area contributed by atoms with Crippen molar-refractivity contribution in [1.29, 1.82) is 0 Å². The zero-order valence-corrected chi connectivity index (χ0v) is 11.0. The third-order valence-electron chi connectivity index (χ3n) is 2.07. The number of benzene rings is 1. The molecule has 1 rings (SSSR count). The van der Waals surface area contributed by atoms with E-state index in [2.05, 4.69) is 28.9 Å². The fraction of sp³-hybridized carbons (Fsp3) is 0.500. The molecule has 1 unspecified atom stereocenters. The summed E-state index contributed by atoms with van der Waals surface area (Å²) in [4.78, 5) is 0.434. The highest BCUT2D eigenvalue weighted by Gasteiger charge is 2.11. The largest absolute Gasteiger partial charge is 0.493 e. The van der Waals surface area contributed by atoms with Crippen LogP contribution < -0.4 is 9.47 Å². The molecule has 0 aliphatic heterocycles. The second-order valence-electron chi connectivity index (χ2n) is 3.37. The van der Waals surface area contributed by atoms with Gasteiger partial charge >= 0.3 is 0 Å². The molecular formula is C12H17BrO2. The van der Waals surface area contributed by atoms with Gasteiger partial charge in [0.2, 0.25) is 0 Å². The third kappa shape index (κ3) is 3.42. The first-order valence-electron chi connectivity index (χ1n) is 5.11. The lowest BCUT2D eigenvalue weighted by Gasteiger charge is -2.14. The Morgan fingerprint density at radius 3 is 2.67 bits per heavy atom. The number of hydrogen-bond acceptors (Lipinski definition) is 2. The summed E-state index contributed by atoms with van der Waals surface area (Å²) in [6, 6.07) is 6.00. The van der Waals surface area contributed by atoms with Gasteiger partial charge in [0.05, 0.1) is 13.7 Å². The molecule has 15 heavy (non-hydrogen) atoms. The monoisotopic (exact) mass is 272 g/mol. The van der Waals surface area contributed by atoms with Crippen molar-refractivity contribution in [2.24, 2.45) is 0 Å². The van der Waals surface area contributed by atoms with Gasteiger partial charge in [-0.25, -0.2) is 0 Å². The van der Waals surface area contributed by atoms with Crippen molar-refractivity contribution >= 4 is 15.9 Å². The first-order chi connectivity index (χ1) is 7.19. The number of methoxy groups -OCH3 is 1. The van der Waals surface area contributed by atoms with Gasteiger partial charge in [0.1, 0.15) is 0 Å². The summed E-state index contributed by atoms with van der Waals surface area (Å²) >= 11 is 3.54. The smallest absolute Gasteiger partial charge is 0.163 e. The molecule has 0 saturated carbocycles. The Hall–Kier alpha value is -0.700. The molecule has 0 amide bonds. The Morgan fingerprint density at radius 1 is 1.40 bits per heavy atom. The summed E-state index contributed by atoms with van der Waals surface area (Å²) in [7, 11) is 1.68. The van der Waals surface area contributed by atoms with Crippen LogP contribution in [0, 0.1) is 0 Å². The third-order valence-corrected chi connectivity index (χ3v) is 2.39. The van der Waals surface area contributed by atoms with Crippen molar-refractivity contribution in [2.45, 2.75) is 25.1 Å². The fourth-order valence-electron chi connectivity index (χ4n) is 1.53. The minimum atomic E-state index is 0.434. The van der Waals surface area contributed by atoms with E-state index < -0.39 is 0 Å². The van der Waals surface area contributed by atoms with Gasteiger partial charge < -0.3 is 9.47 Å². The summed E-state index contributed by atoms with van der Waals surface area (Å²) in [6.45, 7) is 4.75. The predicted molar refractivity (Wildman–Crippen MR) is 66.3 cm³/mol. The summed E-state index contributed by atoms with van der Waals surface area (Å²) in [5, 5.41) is 0. The van der Waals surface area contributed by atoms with E-state index in [1.807, 2.05) is 19.1 Å². The second-order valence-corrected chi connectivity index (χ2v) is 4.93. The Bertz CT molecular complexity index is 310. The topological polar surface area (TPSA) is 18.5 Å². The number of halogens is 1. The van der Waals surface area contributed by atoms with Crippen LogP contribution in [0.25, 0.3) is 0 Å². The maximum absolute atomic E-state index is 5.51. The van der Waals surface area contributed by atoms with E-state index in [0.29, 0.717) is 11.4 Å². The van der Waals surface area contributed by atoms with E-state index in [1.54, 1.807) is 7.11 Å². The van der Waals surface area contributed by atoms with Crippen LogP contribution in [0.4, 0.5) is 0 Å². The molecule has 0 fully saturated rings. The molecule has 2 nitrogen and oxygen atoms in total. The minimum absolute atomic E-state index is 0.434. The molecular weight excluding hydrogens is 256 g/mol. The van der Waals surface area contributed by atoms with Gasteiger partial charge in [0, 0.05) is 4.83 Å². The van der Waals surface area contributed by atoms with Crippen LogP contribution in [0.5, 0.6) is 11.5 Å². The van der Waals surface area contributed by atoms with E-state index in [0.717, 1.165) is 17.9 Å². The maximum Gasteiger partial charge on any atom is 0.163 e. The van der Waals surface area contributed by atoms with Crippen molar-refractivity contribution in [1.82, 2.24) is 0 Å². The summed E-state index contributed by atoms with van der Waals surface area (Å²) < 4.78 is 10.9. The lowest BCUT2D eigenvalue weighted by Crippen LogP contribution is -2.02. The van der Waals surface area contributed by atoms with E-state index in [1.165, 1.54) is 5.56 Å². The normalized spacial score (nSPS) is 12.3. The molecule has 0 aliphatic carbocycles. The molecule has 84 valence electrons. The highest BCUT2D eigenvalue weighted by atomic mass is 79.9. The number of rotatable bonds is 5. The Kier molecular flexibility index (Phi) is 4.95. The van der Waals surface area contributed by atoms with Gasteiger partial charge in [-0.2, -0.15) is 0 Å². The van der Waals surface area contributed by atoms with Crippen molar-refractivity contribution in [2.75, 3.05) is 13.7 Å². The molecule has 3 heteroatoms. The van der Waals surface area contributed by atoms with Crippen LogP contribution in [-0.4, -0.2) is 18.5 Å². The average Bonchev–Trinajstić information content (AvgIpc) is 2.18. The van der Waals surface area contributed by atoms with Crippen molar-refractivity contribution in [3.63, 3.8) is 0 Å². The van der Waals surface area contributed by atoms with Crippen LogP contribution in [0.2, 0.25) is 0 Å². The highest BCUT2D eigenvalue weighted by Crippen LogP contribution is 2.32. The molecule has 1 aromatic rings. The lowest BCUT2D eigenvalue weighted by atomic mass is 10.1. The Morgan fingerprint density at radius 2 is 2.13 bits per heavy atom. The number of alkyl halides is 1. The van der Waals surface area contributed by atoms with Gasteiger partial charge in [-0.1, -0.05) is 35.0 Å². The quantitative estimate of drug-likeness (QED) is 0.765. The van der Waals surface area contributed by atoms with Crippen molar-refractivity contribution in [3.8, 4) is 11.5 Å². The lowest BCUT2D eigenvalue weighted by molar-refractivity contribution is 0.309. The molecule has 0 N–H and O–H groups in total. The molecule has 0 aliphatic rings. The zero-order chi connectivity index (χ0) is 11.3. The number of para-hydroxylation sites is 1. The van der Waals surface area contributed by atoms with Gasteiger partial charge in [-0.3, -0.25) is 0 Å². The number of ether oxygens (including phenoxy) is 2. The van der Waals surface area contributed by atoms with Crippen LogP contribution in [0.15, 0.2) is 18.2 Å². The van der Waals surface area contributed by atoms with E-state index in [9.17, 15) is 0 Å². The van der Waals surface area contributed by atoms with Gasteiger partial charge in [-0.15, -0.1) is 0 Å². The van der Waals surface area contributed by atoms with Gasteiger partial charge in [-0.05, 0) is 25.0 Å². The number of hydrogen-bond donors (Lipinski definition) is 0. The van der Waals surface area contributed by atoms with Gasteiger partial charge in [0.25, 0.3) is 0 Å². The first kappa shape index (κ1) is 12.4. The molecule has 0 bridgehead atoms. The predicted octanol–water partition coefficient (Wildman–Crippen LogP) is 3.42. The van der Waals surface area contributed by atoms with E-state index in [4.69, 9.17) is 9.47 Å². The summed E-state index contributed by atoms with van der Waals surface area (Å²) in [5.41, 5.74) is 1.17. The zero-order valence-electron chi connectivity index (χ0n) is 9.42. The van der Waals surface area contributed by atoms with Crippen molar-refractivity contribution < 1.29 is 9.47 Å². The van der Waals surface area contributed by atoms with E-state index >= 15 is 0 Å². The van der Waals surface area contributed by atoms with E-state index in [-0.39, 0.29) is 0 Å². The second kappa shape index (κ2) is 6.01. The maximum atomic E-state index is 5.51. The highest BCUT2D eigenvalue weighted by molar-refractivity contribution is 9.09. The average molecular weight is 273 g/mol. The first-order valence-corrected chi connectivity index (χ1v) is 6.03. The fourth-order valence-corrected chi connectivity index (χ4v) is 1.87. The summed E-state index contributed by atoms with van der Waals surface area (Å²) in [5.74, 6) is 1.68. The Balaban J connectivity index is 2.98. The van der Waals surface area contributed by atoms with Crippen LogP contribution in [0.3, 0.4) is 0 Å². The molecule has 0 saturated heterocycles. The molecule has 0 heterocycles.